The molecule has 0 amide bonds. The van der Waals surface area contributed by atoms with Gasteiger partial charge in [0.1, 0.15) is 5.75 Å². The maximum Gasteiger partial charge on any atom is 0.345 e. The summed E-state index contributed by atoms with van der Waals surface area (Å²) >= 11 is 0. The zero-order valence-electron chi connectivity index (χ0n) is 17.1. The van der Waals surface area contributed by atoms with Crippen LogP contribution in [0, 0.1) is 10.1 Å². The molecule has 3 aromatic carbocycles. The summed E-state index contributed by atoms with van der Waals surface area (Å²) in [6, 6.07) is 23.9. The second-order valence-corrected chi connectivity index (χ2v) is 6.87. The summed E-state index contributed by atoms with van der Waals surface area (Å²) < 4.78 is 7.43. The van der Waals surface area contributed by atoms with Gasteiger partial charge in [-0.15, -0.1) is 0 Å². The van der Waals surface area contributed by atoms with Gasteiger partial charge in [0.05, 0.1) is 10.6 Å². The monoisotopic (exact) mass is 431 g/mol. The summed E-state index contributed by atoms with van der Waals surface area (Å²) in [5.74, 6) is 0.639. The van der Waals surface area contributed by atoms with Crippen LogP contribution in [-0.4, -0.2) is 38.2 Å². The molecule has 0 aliphatic rings. The zero-order valence-corrected chi connectivity index (χ0v) is 17.1. The molecular formula is C22H21N7O3. The summed E-state index contributed by atoms with van der Waals surface area (Å²) in [6.45, 7) is 2.05. The highest BCUT2D eigenvalue weighted by molar-refractivity contribution is 5.48. The molecular weight excluding hydrogens is 410 g/mol. The van der Waals surface area contributed by atoms with Crippen LogP contribution in [0.1, 0.15) is 5.56 Å². The second kappa shape index (κ2) is 10.1. The van der Waals surface area contributed by atoms with E-state index in [2.05, 4.69) is 26.2 Å². The molecule has 0 atom stereocenters. The number of para-hydroxylation sites is 1. The highest BCUT2D eigenvalue weighted by atomic mass is 16.6. The van der Waals surface area contributed by atoms with Crippen molar-refractivity contribution in [1.82, 2.24) is 25.5 Å². The first-order chi connectivity index (χ1) is 15.7. The van der Waals surface area contributed by atoms with Gasteiger partial charge < -0.3 is 15.4 Å². The Balaban J connectivity index is 1.27. The summed E-state index contributed by atoms with van der Waals surface area (Å²) in [5.41, 5.74) is 2.78. The van der Waals surface area contributed by atoms with Crippen LogP contribution in [0.3, 0.4) is 0 Å². The van der Waals surface area contributed by atoms with Crippen LogP contribution in [0.5, 0.6) is 11.8 Å². The number of benzene rings is 3. The smallest absolute Gasteiger partial charge is 0.345 e. The van der Waals surface area contributed by atoms with Crippen LogP contribution < -0.4 is 15.4 Å². The lowest BCUT2D eigenvalue weighted by molar-refractivity contribution is -0.384. The highest BCUT2D eigenvalue weighted by Crippen LogP contribution is 2.22. The minimum absolute atomic E-state index is 0.0774. The molecule has 0 fully saturated rings. The van der Waals surface area contributed by atoms with Gasteiger partial charge in [0.2, 0.25) is 0 Å². The molecule has 0 bridgehead atoms. The minimum Gasteiger partial charge on any atom is -0.423 e. The van der Waals surface area contributed by atoms with E-state index in [9.17, 15) is 10.1 Å². The number of tetrazole rings is 1. The lowest BCUT2D eigenvalue weighted by Gasteiger charge is -2.10. The van der Waals surface area contributed by atoms with Crippen LogP contribution in [0.15, 0.2) is 78.9 Å². The molecule has 0 radical (unpaired) electrons. The molecule has 0 aliphatic carbocycles. The summed E-state index contributed by atoms with van der Waals surface area (Å²) in [4.78, 5) is 10.3. The molecule has 1 heterocycles. The Bertz CT molecular complexity index is 1160. The average molecular weight is 431 g/mol. The molecule has 0 spiro atoms. The van der Waals surface area contributed by atoms with Gasteiger partial charge in [0.25, 0.3) is 5.69 Å². The van der Waals surface area contributed by atoms with Crippen molar-refractivity contribution in [2.24, 2.45) is 0 Å². The fourth-order valence-electron chi connectivity index (χ4n) is 3.03. The Labute approximate surface area is 184 Å². The Morgan fingerprint density at radius 2 is 1.78 bits per heavy atom. The van der Waals surface area contributed by atoms with Gasteiger partial charge in [-0.1, -0.05) is 35.4 Å². The third-order valence-corrected chi connectivity index (χ3v) is 4.59. The van der Waals surface area contributed by atoms with Gasteiger partial charge in [0, 0.05) is 37.5 Å². The third-order valence-electron chi connectivity index (χ3n) is 4.59. The quantitative estimate of drug-likeness (QED) is 0.222. The van der Waals surface area contributed by atoms with E-state index in [0.717, 1.165) is 16.9 Å². The normalized spacial score (nSPS) is 10.6. The molecule has 10 nitrogen and oxygen atoms in total. The van der Waals surface area contributed by atoms with Crippen LogP contribution in [0.25, 0.3) is 5.69 Å². The first-order valence-corrected chi connectivity index (χ1v) is 9.99. The predicted octanol–water partition coefficient (Wildman–Crippen LogP) is 3.56. The van der Waals surface area contributed by atoms with Crippen molar-refractivity contribution in [1.29, 1.82) is 0 Å². The number of hydrogen-bond acceptors (Lipinski definition) is 8. The van der Waals surface area contributed by atoms with E-state index in [1.807, 2.05) is 54.6 Å². The summed E-state index contributed by atoms with van der Waals surface area (Å²) in [7, 11) is 0. The topological polar surface area (TPSA) is 120 Å². The van der Waals surface area contributed by atoms with Gasteiger partial charge in [0.15, 0.2) is 0 Å². The number of non-ortho nitro benzene ring substituents is 1. The highest BCUT2D eigenvalue weighted by Gasteiger charge is 2.10. The van der Waals surface area contributed by atoms with Crippen LogP contribution in [-0.2, 0) is 6.54 Å². The van der Waals surface area contributed by atoms with Crippen molar-refractivity contribution >= 4 is 11.4 Å². The first kappa shape index (κ1) is 20.9. The lowest BCUT2D eigenvalue weighted by atomic mass is 10.2. The number of rotatable bonds is 10. The van der Waals surface area contributed by atoms with Gasteiger partial charge in [-0.25, -0.2) is 0 Å². The maximum absolute atomic E-state index is 10.7. The number of hydrogen-bond donors (Lipinski definition) is 2. The fourth-order valence-corrected chi connectivity index (χ4v) is 3.03. The van der Waals surface area contributed by atoms with E-state index in [1.54, 1.807) is 12.1 Å². The van der Waals surface area contributed by atoms with Crippen molar-refractivity contribution in [3.63, 3.8) is 0 Å². The Morgan fingerprint density at radius 1 is 0.969 bits per heavy atom. The Kier molecular flexibility index (Phi) is 6.63. The number of ether oxygens (including phenoxy) is 1. The number of nitrogens with zero attached hydrogens (tertiary/aromatic N) is 5. The van der Waals surface area contributed by atoms with Gasteiger partial charge in [-0.05, 0) is 52.4 Å². The third kappa shape index (κ3) is 5.43. The Hall–Kier alpha value is -4.31. The SMILES string of the molecule is O=[N+]([O-])c1ccc(NCCNCc2cccc(Oc3nnnn3-c3ccccc3)c2)cc1. The van der Waals surface area contributed by atoms with Crippen LogP contribution >= 0.6 is 0 Å². The number of anilines is 1. The first-order valence-electron chi connectivity index (χ1n) is 9.99. The van der Waals surface area contributed by atoms with E-state index >= 15 is 0 Å². The van der Waals surface area contributed by atoms with Gasteiger partial charge in [-0.2, -0.15) is 4.68 Å². The molecule has 0 saturated heterocycles. The molecule has 0 saturated carbocycles. The number of nitrogens with one attached hydrogen (secondary N) is 2. The molecule has 2 N–H and O–H groups in total. The molecule has 0 unspecified atom stereocenters. The van der Waals surface area contributed by atoms with Crippen molar-refractivity contribution in [2.75, 3.05) is 18.4 Å². The molecule has 0 aliphatic heterocycles. The predicted molar refractivity (Wildman–Crippen MR) is 119 cm³/mol. The lowest BCUT2D eigenvalue weighted by Crippen LogP contribution is -2.21. The van der Waals surface area contributed by atoms with E-state index in [0.29, 0.717) is 25.4 Å². The molecule has 4 rings (SSSR count). The molecule has 32 heavy (non-hydrogen) atoms. The van der Waals surface area contributed by atoms with E-state index < -0.39 is 4.92 Å². The zero-order chi connectivity index (χ0) is 22.2. The van der Waals surface area contributed by atoms with E-state index in [4.69, 9.17) is 4.74 Å². The van der Waals surface area contributed by atoms with Crippen molar-refractivity contribution < 1.29 is 9.66 Å². The van der Waals surface area contributed by atoms with Crippen molar-refractivity contribution in [3.8, 4) is 17.4 Å². The van der Waals surface area contributed by atoms with Crippen LogP contribution in [0.2, 0.25) is 0 Å². The summed E-state index contributed by atoms with van der Waals surface area (Å²) in [5, 5.41) is 28.9. The average Bonchev–Trinajstić information content (AvgIpc) is 3.28. The summed E-state index contributed by atoms with van der Waals surface area (Å²) in [6.07, 6.45) is 0. The maximum atomic E-state index is 10.7. The van der Waals surface area contributed by atoms with Gasteiger partial charge >= 0.3 is 6.01 Å². The standard InChI is InChI=1S/C22H21N7O3/c30-29(31)20-11-9-18(10-12-20)24-14-13-23-16-17-5-4-8-21(15-17)32-22-25-26-27-28(22)19-6-2-1-3-7-19/h1-12,15,23-24H,13-14,16H2. The minimum atomic E-state index is -0.411. The van der Waals surface area contributed by atoms with Crippen molar-refractivity contribution in [2.45, 2.75) is 6.54 Å². The van der Waals surface area contributed by atoms with E-state index in [1.165, 1.54) is 16.8 Å². The van der Waals surface area contributed by atoms with Gasteiger partial charge in [-0.3, -0.25) is 10.1 Å². The number of nitro benzene ring substituents is 1. The molecule has 162 valence electrons. The van der Waals surface area contributed by atoms with E-state index in [-0.39, 0.29) is 11.7 Å². The largest absolute Gasteiger partial charge is 0.423 e. The molecule has 1 aromatic heterocycles. The second-order valence-electron chi connectivity index (χ2n) is 6.87. The Morgan fingerprint density at radius 3 is 2.56 bits per heavy atom. The fraction of sp³-hybridized carbons (Fsp3) is 0.136. The number of nitro groups is 1. The van der Waals surface area contributed by atoms with Crippen LogP contribution in [0.4, 0.5) is 11.4 Å². The number of aromatic nitrogens is 4. The molecule has 4 aromatic rings. The van der Waals surface area contributed by atoms with Crippen molar-refractivity contribution in [3.05, 3.63) is 94.5 Å². The molecule has 10 heteroatoms.